The summed E-state index contributed by atoms with van der Waals surface area (Å²) >= 11 is 2.30. The lowest BCUT2D eigenvalue weighted by molar-refractivity contribution is 0.253. The molecule has 7 heteroatoms. The first-order valence-electron chi connectivity index (χ1n) is 7.30. The minimum atomic E-state index is -1.83. The van der Waals surface area contributed by atoms with E-state index in [1.165, 1.54) is 0 Å². The molecule has 5 nitrogen and oxygen atoms in total. The van der Waals surface area contributed by atoms with Gasteiger partial charge in [-0.2, -0.15) is 10.4 Å². The molecule has 0 aliphatic carbocycles. The fraction of sp³-hybridized carbons (Fsp3) is 0.533. The second kappa shape index (κ2) is 6.26. The number of fused-ring (bicyclic) bond motifs is 1. The monoisotopic (exact) mass is 428 g/mol. The van der Waals surface area contributed by atoms with Gasteiger partial charge in [-0.25, -0.2) is 9.67 Å². The van der Waals surface area contributed by atoms with E-state index in [4.69, 9.17) is 9.41 Å². The molecule has 1 unspecified atom stereocenters. The van der Waals surface area contributed by atoms with Crippen molar-refractivity contribution in [3.05, 3.63) is 20.5 Å². The van der Waals surface area contributed by atoms with Gasteiger partial charge in [0.05, 0.1) is 17.1 Å². The molecule has 0 spiro atoms. The van der Waals surface area contributed by atoms with E-state index >= 15 is 0 Å². The Morgan fingerprint density at radius 1 is 1.32 bits per heavy atom. The van der Waals surface area contributed by atoms with Gasteiger partial charge in [0.15, 0.2) is 20.1 Å². The molecule has 0 saturated carbocycles. The first-order valence-corrected chi connectivity index (χ1v) is 11.8. The maximum absolute atomic E-state index is 9.58. The zero-order valence-corrected chi connectivity index (χ0v) is 17.0. The predicted molar refractivity (Wildman–Crippen MR) is 98.2 cm³/mol. The van der Waals surface area contributed by atoms with Crippen molar-refractivity contribution in [2.24, 2.45) is 0 Å². The molecular formula is C15H21IN4OSi. The van der Waals surface area contributed by atoms with Crippen molar-refractivity contribution in [3.63, 3.8) is 0 Å². The molecule has 2 heterocycles. The molecule has 0 aliphatic heterocycles. The highest BCUT2D eigenvalue weighted by atomic mass is 127. The van der Waals surface area contributed by atoms with Crippen LogP contribution in [-0.2, 0) is 11.0 Å². The molecule has 2 aromatic heterocycles. The third kappa shape index (κ3) is 3.19. The van der Waals surface area contributed by atoms with Crippen molar-refractivity contribution >= 4 is 41.9 Å². The van der Waals surface area contributed by atoms with E-state index in [2.05, 4.69) is 60.3 Å². The lowest BCUT2D eigenvalue weighted by Crippen LogP contribution is -2.28. The van der Waals surface area contributed by atoms with Crippen molar-refractivity contribution in [3.8, 4) is 6.07 Å². The molecule has 0 aromatic carbocycles. The quantitative estimate of drug-likeness (QED) is 0.544. The van der Waals surface area contributed by atoms with Gasteiger partial charge < -0.3 is 4.43 Å². The molecule has 0 bridgehead atoms. The number of halogens is 1. The predicted octanol–water partition coefficient (Wildman–Crippen LogP) is 4.09. The van der Waals surface area contributed by atoms with Crippen LogP contribution < -0.4 is 0 Å². The maximum Gasteiger partial charge on any atom is 0.186 e. The highest BCUT2D eigenvalue weighted by Crippen LogP contribution is 2.33. The van der Waals surface area contributed by atoms with E-state index in [1.807, 2.05) is 18.5 Å². The number of aromatic nitrogens is 3. The Bertz CT molecular complexity index is 758. The molecule has 0 N–H and O–H groups in total. The summed E-state index contributed by atoms with van der Waals surface area (Å²) in [6.45, 7) is 13.0. The number of nitriles is 1. The zero-order valence-electron chi connectivity index (χ0n) is 13.9. The summed E-state index contributed by atoms with van der Waals surface area (Å²) in [4.78, 5) is 4.71. The van der Waals surface area contributed by atoms with Gasteiger partial charge in [-0.05, 0) is 63.0 Å². The third-order valence-corrected chi connectivity index (χ3v) is 5.43. The van der Waals surface area contributed by atoms with E-state index in [9.17, 15) is 5.26 Å². The number of pyridine rings is 1. The Balaban J connectivity index is 2.70. The molecule has 2 rings (SSSR count). The number of aryl methyl sites for hydroxylation is 3. The second-order valence-corrected chi connectivity index (χ2v) is 11.8. The van der Waals surface area contributed by atoms with Crippen molar-refractivity contribution < 1.29 is 4.43 Å². The topological polar surface area (TPSA) is 63.7 Å². The minimum absolute atomic E-state index is 0.570. The number of hydrogen-bond acceptors (Lipinski definition) is 4. The van der Waals surface area contributed by atoms with Crippen LogP contribution in [0.2, 0.25) is 19.6 Å². The average molecular weight is 428 g/mol. The summed E-state index contributed by atoms with van der Waals surface area (Å²) in [6.07, 6.45) is -0.570. The van der Waals surface area contributed by atoms with Crippen LogP contribution in [0, 0.1) is 28.7 Å². The van der Waals surface area contributed by atoms with Gasteiger partial charge in [-0.3, -0.25) is 0 Å². The smallest absolute Gasteiger partial charge is 0.186 e. The normalized spacial score (nSPS) is 13.4. The molecule has 0 amide bonds. The SMILES string of the molecule is CCn1nc(C)c2c(I)c(C(C#N)O[Si](C)(C)C)c(C)nc21. The summed E-state index contributed by atoms with van der Waals surface area (Å²) in [6, 6.07) is 2.30. The van der Waals surface area contributed by atoms with Crippen molar-refractivity contribution in [2.45, 2.75) is 53.1 Å². The van der Waals surface area contributed by atoms with Crippen LogP contribution in [0.25, 0.3) is 11.0 Å². The Hall–Kier alpha value is -0.983. The fourth-order valence-corrected chi connectivity index (χ4v) is 4.66. The van der Waals surface area contributed by atoms with Crippen LogP contribution in [0.15, 0.2) is 0 Å². The molecule has 22 heavy (non-hydrogen) atoms. The Morgan fingerprint density at radius 2 is 1.95 bits per heavy atom. The highest BCUT2D eigenvalue weighted by Gasteiger charge is 2.28. The standard InChI is InChI=1S/C15H21IN4OSi/c1-7-20-15-13(10(3)19-20)14(16)12(9(2)18-15)11(8-17)21-22(4,5)6/h11H,7H2,1-6H3. The average Bonchev–Trinajstić information content (AvgIpc) is 2.72. The van der Waals surface area contributed by atoms with Crippen LogP contribution in [0.4, 0.5) is 0 Å². The molecule has 1 atom stereocenters. The van der Waals surface area contributed by atoms with Gasteiger partial charge in [0.1, 0.15) is 0 Å². The van der Waals surface area contributed by atoms with Gasteiger partial charge in [0, 0.05) is 21.4 Å². The molecule has 2 aromatic rings. The number of hydrogen-bond donors (Lipinski definition) is 0. The third-order valence-electron chi connectivity index (χ3n) is 3.37. The molecular weight excluding hydrogens is 407 g/mol. The molecule has 0 aliphatic rings. The highest BCUT2D eigenvalue weighted by molar-refractivity contribution is 14.1. The van der Waals surface area contributed by atoms with Crippen molar-refractivity contribution in [2.75, 3.05) is 0 Å². The van der Waals surface area contributed by atoms with Crippen LogP contribution in [0.1, 0.15) is 30.0 Å². The summed E-state index contributed by atoms with van der Waals surface area (Å²) in [5.41, 5.74) is 3.56. The maximum atomic E-state index is 9.58. The van der Waals surface area contributed by atoms with E-state index in [0.717, 1.165) is 38.1 Å². The van der Waals surface area contributed by atoms with Gasteiger partial charge in [0.2, 0.25) is 0 Å². The van der Waals surface area contributed by atoms with Crippen molar-refractivity contribution in [1.29, 1.82) is 5.26 Å². The van der Waals surface area contributed by atoms with E-state index in [1.54, 1.807) is 0 Å². The number of nitrogens with zero attached hydrogens (tertiary/aromatic N) is 4. The van der Waals surface area contributed by atoms with Gasteiger partial charge in [0.25, 0.3) is 0 Å². The van der Waals surface area contributed by atoms with Crippen LogP contribution in [-0.4, -0.2) is 23.1 Å². The second-order valence-electron chi connectivity index (χ2n) is 6.26. The minimum Gasteiger partial charge on any atom is -0.399 e. The summed E-state index contributed by atoms with van der Waals surface area (Å²) in [5.74, 6) is 0. The van der Waals surface area contributed by atoms with Gasteiger partial charge >= 0.3 is 0 Å². The Labute approximate surface area is 145 Å². The fourth-order valence-electron chi connectivity index (χ4n) is 2.48. The Kier molecular flexibility index (Phi) is 4.94. The van der Waals surface area contributed by atoms with Gasteiger partial charge in [-0.1, -0.05) is 0 Å². The summed E-state index contributed by atoms with van der Waals surface area (Å²) in [7, 11) is -1.83. The molecule has 0 fully saturated rings. The first kappa shape index (κ1) is 17.4. The summed E-state index contributed by atoms with van der Waals surface area (Å²) in [5, 5.41) is 15.2. The zero-order chi connectivity index (χ0) is 16.7. The van der Waals surface area contributed by atoms with E-state index in [-0.39, 0.29) is 0 Å². The van der Waals surface area contributed by atoms with E-state index in [0.29, 0.717) is 0 Å². The number of rotatable bonds is 4. The largest absolute Gasteiger partial charge is 0.399 e. The molecule has 0 saturated heterocycles. The van der Waals surface area contributed by atoms with Gasteiger partial charge in [-0.15, -0.1) is 0 Å². The lowest BCUT2D eigenvalue weighted by Gasteiger charge is -2.23. The van der Waals surface area contributed by atoms with Crippen LogP contribution in [0.5, 0.6) is 0 Å². The molecule has 118 valence electrons. The summed E-state index contributed by atoms with van der Waals surface area (Å²) < 4.78 is 9.00. The Morgan fingerprint density at radius 3 is 2.45 bits per heavy atom. The van der Waals surface area contributed by atoms with Crippen LogP contribution in [0.3, 0.4) is 0 Å². The van der Waals surface area contributed by atoms with Crippen LogP contribution >= 0.6 is 22.6 Å². The van der Waals surface area contributed by atoms with E-state index < -0.39 is 14.4 Å². The van der Waals surface area contributed by atoms with Crippen molar-refractivity contribution in [1.82, 2.24) is 14.8 Å². The first-order chi connectivity index (χ1) is 10.2. The molecule has 0 radical (unpaired) electrons. The lowest BCUT2D eigenvalue weighted by atomic mass is 10.1.